The highest BCUT2D eigenvalue weighted by Gasteiger charge is 1.96. The number of imidazole rings is 1. The predicted octanol–water partition coefficient (Wildman–Crippen LogP) is 0.248. The first-order valence-corrected chi connectivity index (χ1v) is 2.95. The van der Waals surface area contributed by atoms with Crippen LogP contribution in [-0.4, -0.2) is 15.8 Å². The summed E-state index contributed by atoms with van der Waals surface area (Å²) in [5.74, 6) is 0.834. The van der Waals surface area contributed by atoms with Crippen LogP contribution in [-0.2, 0) is 0 Å². The third-order valence-corrected chi connectivity index (χ3v) is 1.26. The van der Waals surface area contributed by atoms with Crippen molar-refractivity contribution in [2.24, 2.45) is 5.10 Å². The summed E-state index contributed by atoms with van der Waals surface area (Å²) in [7, 11) is 0. The third-order valence-electron chi connectivity index (χ3n) is 1.26. The van der Waals surface area contributed by atoms with E-state index in [1.54, 1.807) is 18.6 Å². The second-order valence-electron chi connectivity index (χ2n) is 1.90. The Morgan fingerprint density at radius 3 is 3.50 bits per heavy atom. The largest absolute Gasteiger partial charge is 0.304 e. The van der Waals surface area contributed by atoms with Crippen molar-refractivity contribution in [1.29, 1.82) is 0 Å². The molecule has 0 aromatic carbocycles. The van der Waals surface area contributed by atoms with E-state index in [2.05, 4.69) is 15.5 Å². The standard InChI is InChI=1S/C6H6N4/c1-3-10-4-2-8-9-5-6(10)7-1/h1-5,8H. The molecule has 0 bridgehead atoms. The molecule has 1 aliphatic heterocycles. The molecule has 4 heteroatoms. The minimum absolute atomic E-state index is 0.834. The van der Waals surface area contributed by atoms with E-state index in [1.165, 1.54) is 0 Å². The summed E-state index contributed by atoms with van der Waals surface area (Å²) in [6.07, 6.45) is 8.87. The second kappa shape index (κ2) is 1.98. The molecule has 50 valence electrons. The molecule has 0 fully saturated rings. The smallest absolute Gasteiger partial charge is 0.157 e. The Morgan fingerprint density at radius 2 is 2.50 bits per heavy atom. The minimum Gasteiger partial charge on any atom is -0.304 e. The van der Waals surface area contributed by atoms with Gasteiger partial charge in [0, 0.05) is 24.8 Å². The average molecular weight is 134 g/mol. The zero-order chi connectivity index (χ0) is 6.81. The van der Waals surface area contributed by atoms with Crippen LogP contribution in [0.15, 0.2) is 23.7 Å². The molecule has 0 atom stereocenters. The van der Waals surface area contributed by atoms with Gasteiger partial charge in [-0.15, -0.1) is 0 Å². The number of rotatable bonds is 0. The van der Waals surface area contributed by atoms with Crippen molar-refractivity contribution in [2.75, 3.05) is 0 Å². The number of aromatic nitrogens is 2. The molecule has 1 N–H and O–H groups in total. The lowest BCUT2D eigenvalue weighted by Crippen LogP contribution is -1.92. The van der Waals surface area contributed by atoms with Gasteiger partial charge in [-0.25, -0.2) is 4.98 Å². The highest BCUT2D eigenvalue weighted by Crippen LogP contribution is 1.96. The van der Waals surface area contributed by atoms with Gasteiger partial charge in [-0.1, -0.05) is 0 Å². The number of nitrogens with zero attached hydrogens (tertiary/aromatic N) is 3. The molecule has 2 heterocycles. The summed E-state index contributed by atoms with van der Waals surface area (Å²) in [5.41, 5.74) is 2.71. The van der Waals surface area contributed by atoms with E-state index in [1.807, 2.05) is 17.0 Å². The fourth-order valence-corrected chi connectivity index (χ4v) is 0.802. The van der Waals surface area contributed by atoms with E-state index in [0.29, 0.717) is 0 Å². The number of nitrogens with one attached hydrogen (secondary N) is 1. The molecular weight excluding hydrogens is 128 g/mol. The number of hydrogen-bond acceptors (Lipinski definition) is 3. The van der Waals surface area contributed by atoms with Crippen molar-refractivity contribution in [3.8, 4) is 0 Å². The fraction of sp³-hybridized carbons (Fsp3) is 0. The van der Waals surface area contributed by atoms with Crippen molar-refractivity contribution in [3.63, 3.8) is 0 Å². The monoisotopic (exact) mass is 134 g/mol. The molecule has 0 saturated heterocycles. The van der Waals surface area contributed by atoms with Crippen LogP contribution >= 0.6 is 0 Å². The molecule has 1 aromatic rings. The van der Waals surface area contributed by atoms with Crippen LogP contribution in [0.5, 0.6) is 0 Å². The Morgan fingerprint density at radius 1 is 1.50 bits per heavy atom. The molecule has 0 saturated carbocycles. The number of hydrogen-bond donors (Lipinski definition) is 1. The lowest BCUT2D eigenvalue weighted by Gasteiger charge is -1.89. The van der Waals surface area contributed by atoms with Gasteiger partial charge in [-0.3, -0.25) is 5.43 Å². The molecule has 4 nitrogen and oxygen atoms in total. The molecule has 0 unspecified atom stereocenters. The number of fused-ring (bicyclic) bond motifs is 1. The van der Waals surface area contributed by atoms with E-state index in [0.717, 1.165) is 5.82 Å². The van der Waals surface area contributed by atoms with Crippen molar-refractivity contribution in [2.45, 2.75) is 0 Å². The Bertz CT molecular complexity index is 257. The maximum absolute atomic E-state index is 4.04. The average Bonchev–Trinajstić information content (AvgIpc) is 2.28. The van der Waals surface area contributed by atoms with E-state index >= 15 is 0 Å². The second-order valence-corrected chi connectivity index (χ2v) is 1.90. The topological polar surface area (TPSA) is 42.2 Å². The van der Waals surface area contributed by atoms with E-state index in [4.69, 9.17) is 0 Å². The van der Waals surface area contributed by atoms with Gasteiger partial charge < -0.3 is 4.57 Å². The van der Waals surface area contributed by atoms with Crippen LogP contribution in [0.1, 0.15) is 5.82 Å². The van der Waals surface area contributed by atoms with Gasteiger partial charge in [0.1, 0.15) is 0 Å². The molecule has 0 amide bonds. The van der Waals surface area contributed by atoms with Crippen LogP contribution < -0.4 is 5.43 Å². The third kappa shape index (κ3) is 0.699. The number of hydrazone groups is 1. The molecule has 2 rings (SSSR count). The molecule has 10 heavy (non-hydrogen) atoms. The van der Waals surface area contributed by atoms with Crippen molar-refractivity contribution >= 4 is 12.4 Å². The molecule has 0 radical (unpaired) electrons. The predicted molar refractivity (Wildman–Crippen MR) is 38.3 cm³/mol. The summed E-state index contributed by atoms with van der Waals surface area (Å²) in [5, 5.41) is 3.84. The van der Waals surface area contributed by atoms with E-state index in [9.17, 15) is 0 Å². The summed E-state index contributed by atoms with van der Waals surface area (Å²) >= 11 is 0. The molecule has 0 aliphatic carbocycles. The van der Waals surface area contributed by atoms with Gasteiger partial charge >= 0.3 is 0 Å². The first kappa shape index (κ1) is 5.22. The lowest BCUT2D eigenvalue weighted by molar-refractivity contribution is 0.982. The molecule has 1 aromatic heterocycles. The van der Waals surface area contributed by atoms with E-state index < -0.39 is 0 Å². The molecule has 0 spiro atoms. The van der Waals surface area contributed by atoms with Crippen molar-refractivity contribution < 1.29 is 0 Å². The minimum atomic E-state index is 0.834. The van der Waals surface area contributed by atoms with Crippen molar-refractivity contribution in [1.82, 2.24) is 15.0 Å². The Labute approximate surface area is 57.9 Å². The Kier molecular flexibility index (Phi) is 1.04. The van der Waals surface area contributed by atoms with Crippen LogP contribution in [0.25, 0.3) is 6.20 Å². The fourth-order valence-electron chi connectivity index (χ4n) is 0.802. The van der Waals surface area contributed by atoms with Gasteiger partial charge in [0.25, 0.3) is 0 Å². The molecular formula is C6H6N4. The van der Waals surface area contributed by atoms with Crippen LogP contribution in [0.2, 0.25) is 0 Å². The Balaban J connectivity index is 2.56. The Hall–Kier alpha value is -1.58. The first-order valence-electron chi connectivity index (χ1n) is 2.95. The summed E-state index contributed by atoms with van der Waals surface area (Å²) in [6.45, 7) is 0. The SMILES string of the molecule is C1=Cn2ccnc2C=NN1. The normalized spacial score (nSPS) is 14.0. The maximum atomic E-state index is 4.04. The lowest BCUT2D eigenvalue weighted by atomic mass is 10.6. The summed E-state index contributed by atoms with van der Waals surface area (Å²) in [6, 6.07) is 0. The summed E-state index contributed by atoms with van der Waals surface area (Å²) < 4.78 is 1.88. The quantitative estimate of drug-likeness (QED) is 0.552. The van der Waals surface area contributed by atoms with E-state index in [-0.39, 0.29) is 0 Å². The van der Waals surface area contributed by atoms with Gasteiger partial charge in [-0.05, 0) is 0 Å². The zero-order valence-corrected chi connectivity index (χ0v) is 5.23. The first-order chi connectivity index (χ1) is 4.97. The van der Waals surface area contributed by atoms with Gasteiger partial charge in [0.05, 0.1) is 6.21 Å². The van der Waals surface area contributed by atoms with Gasteiger partial charge in [0.15, 0.2) is 5.82 Å². The highest BCUT2D eigenvalue weighted by atomic mass is 15.3. The maximum Gasteiger partial charge on any atom is 0.157 e. The van der Waals surface area contributed by atoms with Gasteiger partial charge in [-0.2, -0.15) is 5.10 Å². The zero-order valence-electron chi connectivity index (χ0n) is 5.23. The van der Waals surface area contributed by atoms with Crippen molar-refractivity contribution in [3.05, 3.63) is 24.4 Å². The molecule has 1 aliphatic rings. The van der Waals surface area contributed by atoms with Crippen LogP contribution in [0.3, 0.4) is 0 Å². The van der Waals surface area contributed by atoms with Crippen LogP contribution in [0.4, 0.5) is 0 Å². The highest BCUT2D eigenvalue weighted by molar-refractivity contribution is 5.76. The van der Waals surface area contributed by atoms with Crippen LogP contribution in [0, 0.1) is 0 Å². The summed E-state index contributed by atoms with van der Waals surface area (Å²) in [4.78, 5) is 4.04. The van der Waals surface area contributed by atoms with Gasteiger partial charge in [0.2, 0.25) is 0 Å².